The van der Waals surface area contributed by atoms with Gasteiger partial charge >= 0.3 is 0 Å². The highest BCUT2D eigenvalue weighted by Gasteiger charge is 2.28. The van der Waals surface area contributed by atoms with E-state index in [1.165, 1.54) is 12.8 Å². The van der Waals surface area contributed by atoms with E-state index in [0.717, 1.165) is 45.5 Å². The lowest BCUT2D eigenvalue weighted by atomic mass is 10.0. The molecule has 0 unspecified atom stereocenters. The van der Waals surface area contributed by atoms with E-state index in [4.69, 9.17) is 4.74 Å². The van der Waals surface area contributed by atoms with E-state index < -0.39 is 0 Å². The summed E-state index contributed by atoms with van der Waals surface area (Å²) < 4.78 is 5.60. The summed E-state index contributed by atoms with van der Waals surface area (Å²) in [4.78, 5) is 14.3. The van der Waals surface area contributed by atoms with Crippen LogP contribution in [0.15, 0.2) is 0 Å². The molecule has 0 radical (unpaired) electrons. The maximum Gasteiger partial charge on any atom is 0.239 e. The van der Waals surface area contributed by atoms with Gasteiger partial charge in [0.05, 0.1) is 12.1 Å². The van der Waals surface area contributed by atoms with E-state index in [-0.39, 0.29) is 6.04 Å². The second kappa shape index (κ2) is 6.36. The van der Waals surface area contributed by atoms with Crippen LogP contribution >= 0.6 is 0 Å². The van der Waals surface area contributed by atoms with Gasteiger partial charge in [-0.25, -0.2) is 0 Å². The van der Waals surface area contributed by atoms with Gasteiger partial charge in [-0.15, -0.1) is 0 Å². The first-order chi connectivity index (χ1) is 8.31. The first kappa shape index (κ1) is 12.8. The molecule has 0 aromatic carbocycles. The van der Waals surface area contributed by atoms with Crippen molar-refractivity contribution in [2.24, 2.45) is 0 Å². The Morgan fingerprint density at radius 2 is 2.06 bits per heavy atom. The summed E-state index contributed by atoms with van der Waals surface area (Å²) in [6.45, 7) is 5.53. The Bertz CT molecular complexity index is 244. The molecule has 0 saturated carbocycles. The van der Waals surface area contributed by atoms with Gasteiger partial charge in [0.25, 0.3) is 0 Å². The minimum absolute atomic E-state index is 0.0763. The smallest absolute Gasteiger partial charge is 0.239 e. The summed E-state index contributed by atoms with van der Waals surface area (Å²) in [6.07, 6.45) is 5.74. The number of carbonyl (C=O) groups excluding carboxylic acids is 1. The van der Waals surface area contributed by atoms with E-state index in [2.05, 4.69) is 5.32 Å². The van der Waals surface area contributed by atoms with E-state index in [0.29, 0.717) is 12.0 Å². The lowest BCUT2D eigenvalue weighted by Crippen LogP contribution is -2.51. The number of hydrogen-bond acceptors (Lipinski definition) is 3. The average Bonchev–Trinajstić information content (AvgIpc) is 2.40. The Kier molecular flexibility index (Phi) is 4.80. The molecule has 1 atom stereocenters. The largest absolute Gasteiger partial charge is 0.378 e. The molecule has 1 N–H and O–H groups in total. The van der Waals surface area contributed by atoms with Gasteiger partial charge in [-0.05, 0) is 39.2 Å². The van der Waals surface area contributed by atoms with Gasteiger partial charge < -0.3 is 15.0 Å². The molecule has 2 aliphatic rings. The third kappa shape index (κ3) is 3.42. The van der Waals surface area contributed by atoms with Gasteiger partial charge in [-0.3, -0.25) is 4.79 Å². The predicted molar refractivity (Wildman–Crippen MR) is 66.9 cm³/mol. The topological polar surface area (TPSA) is 41.6 Å². The average molecular weight is 240 g/mol. The Balaban J connectivity index is 1.77. The number of likely N-dealkylation sites (tertiary alicyclic amines) is 1. The van der Waals surface area contributed by atoms with Gasteiger partial charge in [-0.1, -0.05) is 6.42 Å². The highest BCUT2D eigenvalue weighted by Crippen LogP contribution is 2.17. The molecule has 0 aromatic heterocycles. The summed E-state index contributed by atoms with van der Waals surface area (Å²) >= 11 is 0. The number of rotatable bonds is 3. The molecule has 1 amide bonds. The van der Waals surface area contributed by atoms with E-state index in [9.17, 15) is 4.79 Å². The van der Waals surface area contributed by atoms with Gasteiger partial charge in [0.15, 0.2) is 0 Å². The highest BCUT2D eigenvalue weighted by atomic mass is 16.5. The zero-order valence-corrected chi connectivity index (χ0v) is 10.8. The Labute approximate surface area is 104 Å². The first-order valence-corrected chi connectivity index (χ1v) is 6.95. The summed E-state index contributed by atoms with van der Waals surface area (Å²) in [6, 6.07) is 0.0763. The summed E-state index contributed by atoms with van der Waals surface area (Å²) in [7, 11) is 0. The molecular weight excluding hydrogens is 216 g/mol. The Hall–Kier alpha value is -0.610. The number of amides is 1. The SMILES string of the molecule is CCOC1CCN(C(=O)[C@@H]2CCCCN2)CC1. The van der Waals surface area contributed by atoms with Crippen molar-refractivity contribution >= 4 is 5.91 Å². The van der Waals surface area contributed by atoms with Crippen molar-refractivity contribution in [1.82, 2.24) is 10.2 Å². The minimum atomic E-state index is 0.0763. The van der Waals surface area contributed by atoms with Crippen LogP contribution in [0.1, 0.15) is 39.0 Å². The fourth-order valence-electron chi connectivity index (χ4n) is 2.76. The second-order valence-corrected chi connectivity index (χ2v) is 4.98. The van der Waals surface area contributed by atoms with Crippen molar-refractivity contribution in [3.63, 3.8) is 0 Å². The zero-order valence-electron chi connectivity index (χ0n) is 10.8. The molecule has 17 heavy (non-hydrogen) atoms. The number of piperidine rings is 2. The van der Waals surface area contributed by atoms with Gasteiger partial charge in [-0.2, -0.15) is 0 Å². The first-order valence-electron chi connectivity index (χ1n) is 6.95. The van der Waals surface area contributed by atoms with Crippen molar-refractivity contribution in [3.05, 3.63) is 0 Å². The van der Waals surface area contributed by atoms with Crippen LogP contribution in [0.2, 0.25) is 0 Å². The van der Waals surface area contributed by atoms with Crippen LogP contribution < -0.4 is 5.32 Å². The maximum atomic E-state index is 12.2. The molecule has 0 aliphatic carbocycles. The van der Waals surface area contributed by atoms with Crippen LogP contribution in [0.4, 0.5) is 0 Å². The fraction of sp³-hybridized carbons (Fsp3) is 0.923. The summed E-state index contributed by atoms with van der Waals surface area (Å²) in [5.41, 5.74) is 0. The van der Waals surface area contributed by atoms with Crippen molar-refractivity contribution in [3.8, 4) is 0 Å². The molecule has 2 saturated heterocycles. The molecule has 4 heteroatoms. The quantitative estimate of drug-likeness (QED) is 0.805. The number of hydrogen-bond donors (Lipinski definition) is 1. The molecule has 0 aromatic rings. The molecule has 2 fully saturated rings. The van der Waals surface area contributed by atoms with Crippen LogP contribution in [0, 0.1) is 0 Å². The number of nitrogens with zero attached hydrogens (tertiary/aromatic N) is 1. The van der Waals surface area contributed by atoms with Crippen LogP contribution in [-0.4, -0.2) is 49.2 Å². The summed E-state index contributed by atoms with van der Waals surface area (Å²) in [5, 5.41) is 3.33. The van der Waals surface area contributed by atoms with E-state index in [1.54, 1.807) is 0 Å². The van der Waals surface area contributed by atoms with Crippen molar-refractivity contribution in [1.29, 1.82) is 0 Å². The van der Waals surface area contributed by atoms with Crippen molar-refractivity contribution in [2.75, 3.05) is 26.2 Å². The van der Waals surface area contributed by atoms with E-state index >= 15 is 0 Å². The third-order valence-electron chi connectivity index (χ3n) is 3.76. The molecule has 4 nitrogen and oxygen atoms in total. The van der Waals surface area contributed by atoms with Crippen LogP contribution in [0.5, 0.6) is 0 Å². The van der Waals surface area contributed by atoms with Gasteiger partial charge in [0.1, 0.15) is 0 Å². The third-order valence-corrected chi connectivity index (χ3v) is 3.76. The molecule has 0 spiro atoms. The van der Waals surface area contributed by atoms with Crippen LogP contribution in [0.25, 0.3) is 0 Å². The van der Waals surface area contributed by atoms with Gasteiger partial charge in [0, 0.05) is 19.7 Å². The Morgan fingerprint density at radius 3 is 2.65 bits per heavy atom. The lowest BCUT2D eigenvalue weighted by Gasteiger charge is -2.35. The molecule has 0 bridgehead atoms. The zero-order chi connectivity index (χ0) is 12.1. The standard InChI is InChI=1S/C13H24N2O2/c1-2-17-11-6-9-15(10-7-11)13(16)12-5-3-4-8-14-12/h11-12,14H,2-10H2,1H3/t12-/m0/s1. The minimum Gasteiger partial charge on any atom is -0.378 e. The Morgan fingerprint density at radius 1 is 1.29 bits per heavy atom. The molecule has 98 valence electrons. The van der Waals surface area contributed by atoms with Crippen molar-refractivity contribution in [2.45, 2.75) is 51.2 Å². The second-order valence-electron chi connectivity index (χ2n) is 4.98. The predicted octanol–water partition coefficient (Wildman–Crippen LogP) is 1.16. The number of carbonyl (C=O) groups is 1. The fourth-order valence-corrected chi connectivity index (χ4v) is 2.76. The van der Waals surface area contributed by atoms with Crippen molar-refractivity contribution < 1.29 is 9.53 Å². The van der Waals surface area contributed by atoms with Gasteiger partial charge in [0.2, 0.25) is 5.91 Å². The van der Waals surface area contributed by atoms with Crippen LogP contribution in [0.3, 0.4) is 0 Å². The van der Waals surface area contributed by atoms with Crippen LogP contribution in [-0.2, 0) is 9.53 Å². The summed E-state index contributed by atoms with van der Waals surface area (Å²) in [5.74, 6) is 0.305. The molecular formula is C13H24N2O2. The monoisotopic (exact) mass is 240 g/mol. The van der Waals surface area contributed by atoms with E-state index in [1.807, 2.05) is 11.8 Å². The number of nitrogens with one attached hydrogen (secondary N) is 1. The molecule has 2 heterocycles. The normalized spacial score (nSPS) is 27.1. The molecule has 2 rings (SSSR count). The molecule has 2 aliphatic heterocycles. The highest BCUT2D eigenvalue weighted by molar-refractivity contribution is 5.82. The maximum absolute atomic E-state index is 12.2. The number of ether oxygens (including phenoxy) is 1. The lowest BCUT2D eigenvalue weighted by molar-refractivity contribution is -0.136.